The summed E-state index contributed by atoms with van der Waals surface area (Å²) in [5.41, 5.74) is 0.712. The van der Waals surface area contributed by atoms with Gasteiger partial charge in [-0.2, -0.15) is 0 Å². The van der Waals surface area contributed by atoms with Crippen LogP contribution in [0.15, 0.2) is 18.2 Å². The van der Waals surface area contributed by atoms with E-state index in [0.717, 1.165) is 31.1 Å². The number of fused-ring (bicyclic) bond motifs is 1. The van der Waals surface area contributed by atoms with E-state index in [4.69, 9.17) is 27.9 Å². The zero-order valence-corrected chi connectivity index (χ0v) is 18.3. The molecule has 2 aliphatic heterocycles. The lowest BCUT2D eigenvalue weighted by Crippen LogP contribution is -2.74. The molecule has 3 atom stereocenters. The van der Waals surface area contributed by atoms with Gasteiger partial charge in [0.05, 0.1) is 41.3 Å². The standard InChI is InChI=1S/C22H30Cl2N2O2/c1-15-13-28-14-20-22(15,2)26(9-8-25(20)12-16-4-3-5-16)21(27)11-17-6-7-18(23)19(24)10-17/h6-7,10,15-16,20H,3-5,8-9,11-14H2,1-2H3/t15?,20-,22+/m0/s1. The van der Waals surface area contributed by atoms with Crippen molar-refractivity contribution in [3.63, 3.8) is 0 Å². The van der Waals surface area contributed by atoms with Gasteiger partial charge in [0.2, 0.25) is 5.91 Å². The number of piperazine rings is 1. The Labute approximate surface area is 178 Å². The molecule has 1 aromatic carbocycles. The summed E-state index contributed by atoms with van der Waals surface area (Å²) >= 11 is 12.2. The molecule has 3 aliphatic rings. The lowest BCUT2D eigenvalue weighted by atomic mass is 9.74. The molecule has 0 spiro atoms. The van der Waals surface area contributed by atoms with Crippen LogP contribution in [0.2, 0.25) is 10.0 Å². The molecule has 0 N–H and O–H groups in total. The Kier molecular flexibility index (Phi) is 5.95. The van der Waals surface area contributed by atoms with Crippen LogP contribution in [-0.2, 0) is 16.0 Å². The lowest BCUT2D eigenvalue weighted by Gasteiger charge is -2.60. The van der Waals surface area contributed by atoms with Crippen molar-refractivity contribution in [2.24, 2.45) is 11.8 Å². The number of rotatable bonds is 4. The molecule has 6 heteroatoms. The summed E-state index contributed by atoms with van der Waals surface area (Å²) in [6.45, 7) is 8.77. The number of hydrogen-bond acceptors (Lipinski definition) is 3. The van der Waals surface area contributed by atoms with E-state index in [0.29, 0.717) is 35.6 Å². The van der Waals surface area contributed by atoms with Crippen molar-refractivity contribution in [1.82, 2.24) is 9.80 Å². The molecule has 28 heavy (non-hydrogen) atoms. The van der Waals surface area contributed by atoms with E-state index in [1.807, 2.05) is 12.1 Å². The predicted molar refractivity (Wildman–Crippen MR) is 113 cm³/mol. The van der Waals surface area contributed by atoms with E-state index in [-0.39, 0.29) is 17.5 Å². The van der Waals surface area contributed by atoms with Crippen molar-refractivity contribution in [3.8, 4) is 0 Å². The molecule has 0 aromatic heterocycles. The molecule has 1 aliphatic carbocycles. The van der Waals surface area contributed by atoms with Gasteiger partial charge in [0.25, 0.3) is 0 Å². The minimum Gasteiger partial charge on any atom is -0.379 e. The van der Waals surface area contributed by atoms with Crippen molar-refractivity contribution in [1.29, 1.82) is 0 Å². The first-order valence-electron chi connectivity index (χ1n) is 10.5. The largest absolute Gasteiger partial charge is 0.379 e. The molecule has 2 saturated heterocycles. The molecule has 2 heterocycles. The van der Waals surface area contributed by atoms with E-state index < -0.39 is 0 Å². The zero-order chi connectivity index (χ0) is 19.9. The van der Waals surface area contributed by atoms with Gasteiger partial charge in [0.15, 0.2) is 0 Å². The fourth-order valence-electron chi connectivity index (χ4n) is 5.11. The predicted octanol–water partition coefficient (Wildman–Crippen LogP) is 4.27. The van der Waals surface area contributed by atoms with Crippen molar-refractivity contribution < 1.29 is 9.53 Å². The molecular weight excluding hydrogens is 395 g/mol. The van der Waals surface area contributed by atoms with Crippen LogP contribution in [-0.4, -0.2) is 60.1 Å². The van der Waals surface area contributed by atoms with Gasteiger partial charge in [-0.25, -0.2) is 0 Å². The van der Waals surface area contributed by atoms with Gasteiger partial charge in [-0.05, 0) is 43.4 Å². The van der Waals surface area contributed by atoms with Crippen LogP contribution in [0.4, 0.5) is 0 Å². The van der Waals surface area contributed by atoms with Crippen LogP contribution in [0.5, 0.6) is 0 Å². The first-order valence-corrected chi connectivity index (χ1v) is 11.2. The quantitative estimate of drug-likeness (QED) is 0.722. The second-order valence-corrected chi connectivity index (χ2v) is 9.76. The molecule has 4 rings (SSSR count). The molecule has 3 fully saturated rings. The summed E-state index contributed by atoms with van der Waals surface area (Å²) in [6, 6.07) is 5.74. The number of carbonyl (C=O) groups is 1. The third-order valence-electron chi connectivity index (χ3n) is 7.31. The maximum absolute atomic E-state index is 13.4. The molecule has 1 aromatic rings. The number of hydrogen-bond donors (Lipinski definition) is 0. The molecule has 0 bridgehead atoms. The van der Waals surface area contributed by atoms with Crippen LogP contribution < -0.4 is 0 Å². The van der Waals surface area contributed by atoms with Crippen LogP contribution >= 0.6 is 23.2 Å². The average Bonchev–Trinajstić information content (AvgIpc) is 2.62. The molecule has 154 valence electrons. The van der Waals surface area contributed by atoms with Crippen LogP contribution in [0.3, 0.4) is 0 Å². The van der Waals surface area contributed by atoms with Crippen LogP contribution in [0.1, 0.15) is 38.7 Å². The highest BCUT2D eigenvalue weighted by molar-refractivity contribution is 6.42. The Morgan fingerprint density at radius 3 is 2.68 bits per heavy atom. The van der Waals surface area contributed by atoms with Gasteiger partial charge in [-0.15, -0.1) is 0 Å². The maximum Gasteiger partial charge on any atom is 0.227 e. The SMILES string of the molecule is CC1COC[C@@H]2N(CC3CCC3)CCN(C(=O)Cc3ccc(Cl)c(Cl)c3)[C@]12C. The second-order valence-electron chi connectivity index (χ2n) is 8.94. The maximum atomic E-state index is 13.4. The normalized spacial score (nSPS) is 31.4. The topological polar surface area (TPSA) is 32.8 Å². The highest BCUT2D eigenvalue weighted by Gasteiger charge is 2.53. The Hall–Kier alpha value is -0.810. The van der Waals surface area contributed by atoms with Gasteiger partial charge in [-0.3, -0.25) is 9.69 Å². The number of ether oxygens (including phenoxy) is 1. The molecule has 0 radical (unpaired) electrons. The summed E-state index contributed by atoms with van der Waals surface area (Å²) in [4.78, 5) is 18.1. The summed E-state index contributed by atoms with van der Waals surface area (Å²) in [6.07, 6.45) is 4.41. The number of halogens is 2. The Morgan fingerprint density at radius 1 is 1.21 bits per heavy atom. The summed E-state index contributed by atoms with van der Waals surface area (Å²) in [7, 11) is 0. The Balaban J connectivity index is 1.54. The first-order chi connectivity index (χ1) is 13.4. The van der Waals surface area contributed by atoms with Crippen molar-refractivity contribution in [2.45, 2.75) is 51.1 Å². The van der Waals surface area contributed by atoms with E-state index in [1.54, 1.807) is 6.07 Å². The Bertz CT molecular complexity index is 739. The van der Waals surface area contributed by atoms with Crippen molar-refractivity contribution in [2.75, 3.05) is 32.8 Å². The summed E-state index contributed by atoms with van der Waals surface area (Å²) in [5, 5.41) is 1.02. The van der Waals surface area contributed by atoms with Gasteiger partial charge in [0.1, 0.15) is 0 Å². The monoisotopic (exact) mass is 424 g/mol. The Morgan fingerprint density at radius 2 is 2.00 bits per heavy atom. The zero-order valence-electron chi connectivity index (χ0n) is 16.8. The van der Waals surface area contributed by atoms with Gasteiger partial charge in [0, 0.05) is 25.6 Å². The molecular formula is C22H30Cl2N2O2. The molecule has 4 nitrogen and oxygen atoms in total. The van der Waals surface area contributed by atoms with Crippen molar-refractivity contribution >= 4 is 29.1 Å². The van der Waals surface area contributed by atoms with Crippen LogP contribution in [0, 0.1) is 11.8 Å². The molecule has 1 saturated carbocycles. The fourth-order valence-corrected chi connectivity index (χ4v) is 5.43. The van der Waals surface area contributed by atoms with Crippen molar-refractivity contribution in [3.05, 3.63) is 33.8 Å². The fraction of sp³-hybridized carbons (Fsp3) is 0.682. The highest BCUT2D eigenvalue weighted by atomic mass is 35.5. The summed E-state index contributed by atoms with van der Waals surface area (Å²) < 4.78 is 5.94. The highest BCUT2D eigenvalue weighted by Crippen LogP contribution is 2.40. The minimum atomic E-state index is -0.201. The number of nitrogens with zero attached hydrogens (tertiary/aromatic N) is 2. The summed E-state index contributed by atoms with van der Waals surface area (Å²) in [5.74, 6) is 1.29. The average molecular weight is 425 g/mol. The smallest absolute Gasteiger partial charge is 0.227 e. The molecule has 1 unspecified atom stereocenters. The third-order valence-corrected chi connectivity index (χ3v) is 8.05. The van der Waals surface area contributed by atoms with Gasteiger partial charge < -0.3 is 9.64 Å². The van der Waals surface area contributed by atoms with E-state index >= 15 is 0 Å². The number of carbonyl (C=O) groups excluding carboxylic acids is 1. The second kappa shape index (κ2) is 8.14. The van der Waals surface area contributed by atoms with Gasteiger partial charge >= 0.3 is 0 Å². The molecule has 1 amide bonds. The minimum absolute atomic E-state index is 0.169. The first kappa shape index (κ1) is 20.5. The van der Waals surface area contributed by atoms with Gasteiger partial charge in [-0.1, -0.05) is 42.6 Å². The van der Waals surface area contributed by atoms with E-state index in [9.17, 15) is 4.79 Å². The van der Waals surface area contributed by atoms with E-state index in [1.165, 1.54) is 19.3 Å². The lowest BCUT2D eigenvalue weighted by molar-refractivity contribution is -0.172. The van der Waals surface area contributed by atoms with E-state index in [2.05, 4.69) is 23.6 Å². The third kappa shape index (κ3) is 3.69. The number of amides is 1. The number of benzene rings is 1. The van der Waals surface area contributed by atoms with Crippen LogP contribution in [0.25, 0.3) is 0 Å².